The first-order chi connectivity index (χ1) is 9.25. The molecule has 0 bridgehead atoms. The van der Waals surface area contributed by atoms with Crippen LogP contribution in [0.2, 0.25) is 0 Å². The number of nitrogens with one attached hydrogen (secondary N) is 2. The second-order valence-corrected chi connectivity index (χ2v) is 5.23. The zero-order valence-corrected chi connectivity index (χ0v) is 11.0. The van der Waals surface area contributed by atoms with Gasteiger partial charge in [-0.1, -0.05) is 24.6 Å². The molecule has 1 heterocycles. The summed E-state index contributed by atoms with van der Waals surface area (Å²) in [4.78, 5) is 15.1. The van der Waals surface area contributed by atoms with Crippen LogP contribution in [0.3, 0.4) is 0 Å². The molecule has 0 radical (unpaired) electrons. The predicted octanol–water partition coefficient (Wildman–Crippen LogP) is 2.92. The molecular formula is C15H18N2O2. The maximum atomic E-state index is 11.9. The number of rotatable bonds is 4. The normalized spacial score (nSPS) is 16.9. The number of ether oxygens (including phenoxy) is 1. The molecule has 1 saturated carbocycles. The first kappa shape index (κ1) is 12.1. The molecule has 0 aliphatic heterocycles. The summed E-state index contributed by atoms with van der Waals surface area (Å²) in [5.41, 5.74) is 1.82. The number of hydrogen-bond acceptors (Lipinski definition) is 3. The van der Waals surface area contributed by atoms with E-state index in [1.54, 1.807) is 0 Å². The Labute approximate surface area is 112 Å². The highest BCUT2D eigenvalue weighted by atomic mass is 16.5. The number of fused-ring (bicyclic) bond motifs is 1. The molecule has 100 valence electrons. The largest absolute Gasteiger partial charge is 0.469 e. The van der Waals surface area contributed by atoms with Gasteiger partial charge >= 0.3 is 5.97 Å². The van der Waals surface area contributed by atoms with Gasteiger partial charge in [0.05, 0.1) is 18.2 Å². The van der Waals surface area contributed by atoms with Crippen molar-refractivity contribution in [3.63, 3.8) is 0 Å². The van der Waals surface area contributed by atoms with Gasteiger partial charge in [-0.15, -0.1) is 0 Å². The molecule has 3 rings (SSSR count). The molecule has 0 atom stereocenters. The lowest BCUT2D eigenvalue weighted by Crippen LogP contribution is -2.44. The standard InChI is InChI=1S/C15H18N2O2/c1-19-14(18)15(7-4-8-15)10-17-13-9-16-12-6-3-2-5-11(12)13/h2-3,5-6,9,16-17H,4,7-8,10H2,1H3. The quantitative estimate of drug-likeness (QED) is 0.829. The second kappa shape index (κ2) is 4.61. The summed E-state index contributed by atoms with van der Waals surface area (Å²) < 4.78 is 4.93. The van der Waals surface area contributed by atoms with Crippen LogP contribution in [0.15, 0.2) is 30.5 Å². The lowest BCUT2D eigenvalue weighted by molar-refractivity contribution is -0.157. The first-order valence-corrected chi connectivity index (χ1v) is 6.64. The van der Waals surface area contributed by atoms with Crippen molar-refractivity contribution in [3.05, 3.63) is 30.5 Å². The van der Waals surface area contributed by atoms with Crippen molar-refractivity contribution in [1.82, 2.24) is 4.98 Å². The van der Waals surface area contributed by atoms with Crippen molar-refractivity contribution < 1.29 is 9.53 Å². The zero-order chi connectivity index (χ0) is 13.3. The minimum atomic E-state index is -0.326. The van der Waals surface area contributed by atoms with Crippen molar-refractivity contribution >= 4 is 22.6 Å². The zero-order valence-electron chi connectivity index (χ0n) is 11.0. The first-order valence-electron chi connectivity index (χ1n) is 6.64. The van der Waals surface area contributed by atoms with Gasteiger partial charge < -0.3 is 15.0 Å². The molecule has 1 aromatic carbocycles. The third-order valence-electron chi connectivity index (χ3n) is 4.14. The molecule has 0 saturated heterocycles. The molecule has 19 heavy (non-hydrogen) atoms. The third kappa shape index (κ3) is 1.97. The SMILES string of the molecule is COC(=O)C1(CNc2c[nH]c3ccccc23)CCC1. The van der Waals surface area contributed by atoms with Crippen LogP contribution in [-0.4, -0.2) is 24.6 Å². The summed E-state index contributed by atoms with van der Waals surface area (Å²) >= 11 is 0. The van der Waals surface area contributed by atoms with Crippen LogP contribution >= 0.6 is 0 Å². The van der Waals surface area contributed by atoms with Crippen LogP contribution in [0.1, 0.15) is 19.3 Å². The highest BCUT2D eigenvalue weighted by Gasteiger charge is 2.45. The van der Waals surface area contributed by atoms with Crippen LogP contribution in [0, 0.1) is 5.41 Å². The van der Waals surface area contributed by atoms with Gasteiger partial charge in [0, 0.05) is 23.6 Å². The molecule has 4 heteroatoms. The lowest BCUT2D eigenvalue weighted by atomic mass is 9.68. The number of hydrogen-bond donors (Lipinski definition) is 2. The predicted molar refractivity (Wildman–Crippen MR) is 75.1 cm³/mol. The van der Waals surface area contributed by atoms with E-state index in [1.165, 1.54) is 7.11 Å². The fourth-order valence-electron chi connectivity index (χ4n) is 2.76. The van der Waals surface area contributed by atoms with Crippen LogP contribution in [0.25, 0.3) is 10.9 Å². The van der Waals surface area contributed by atoms with Gasteiger partial charge in [-0.25, -0.2) is 0 Å². The molecule has 2 N–H and O–H groups in total. The molecule has 0 amide bonds. The van der Waals surface area contributed by atoms with Crippen LogP contribution in [0.5, 0.6) is 0 Å². The number of esters is 1. The van der Waals surface area contributed by atoms with E-state index in [0.717, 1.165) is 35.9 Å². The molecule has 1 aliphatic carbocycles. The van der Waals surface area contributed by atoms with Gasteiger partial charge in [-0.05, 0) is 18.9 Å². The Bertz CT molecular complexity index is 599. The van der Waals surface area contributed by atoms with Gasteiger partial charge in [0.2, 0.25) is 0 Å². The maximum Gasteiger partial charge on any atom is 0.313 e. The highest BCUT2D eigenvalue weighted by Crippen LogP contribution is 2.42. The van der Waals surface area contributed by atoms with E-state index in [4.69, 9.17) is 4.74 Å². The van der Waals surface area contributed by atoms with E-state index in [9.17, 15) is 4.79 Å². The summed E-state index contributed by atoms with van der Waals surface area (Å²) in [7, 11) is 1.47. The van der Waals surface area contributed by atoms with Crippen molar-refractivity contribution in [1.29, 1.82) is 0 Å². The Hall–Kier alpha value is -1.97. The Morgan fingerprint density at radius 3 is 2.89 bits per heavy atom. The fraction of sp³-hybridized carbons (Fsp3) is 0.400. The number of para-hydroxylation sites is 1. The van der Waals surface area contributed by atoms with Crippen molar-refractivity contribution in [2.24, 2.45) is 5.41 Å². The number of aromatic nitrogens is 1. The molecule has 1 aromatic heterocycles. The molecule has 1 fully saturated rings. The average molecular weight is 258 g/mol. The topological polar surface area (TPSA) is 54.1 Å². The smallest absolute Gasteiger partial charge is 0.313 e. The molecule has 0 unspecified atom stereocenters. The number of methoxy groups -OCH3 is 1. The monoisotopic (exact) mass is 258 g/mol. The van der Waals surface area contributed by atoms with Gasteiger partial charge in [0.1, 0.15) is 0 Å². The maximum absolute atomic E-state index is 11.9. The van der Waals surface area contributed by atoms with Gasteiger partial charge in [-0.2, -0.15) is 0 Å². The van der Waals surface area contributed by atoms with E-state index in [0.29, 0.717) is 6.54 Å². The molecule has 2 aromatic rings. The Morgan fingerprint density at radius 2 is 2.21 bits per heavy atom. The van der Waals surface area contributed by atoms with Gasteiger partial charge in [0.15, 0.2) is 0 Å². The summed E-state index contributed by atoms with van der Waals surface area (Å²) in [6.07, 6.45) is 4.88. The van der Waals surface area contributed by atoms with E-state index in [-0.39, 0.29) is 11.4 Å². The Morgan fingerprint density at radius 1 is 1.42 bits per heavy atom. The van der Waals surface area contributed by atoms with Crippen molar-refractivity contribution in [2.45, 2.75) is 19.3 Å². The Balaban J connectivity index is 1.77. The number of H-pyrrole nitrogens is 1. The molecule has 1 aliphatic rings. The van der Waals surface area contributed by atoms with E-state index >= 15 is 0 Å². The van der Waals surface area contributed by atoms with Crippen LogP contribution in [0.4, 0.5) is 5.69 Å². The lowest BCUT2D eigenvalue weighted by Gasteiger charge is -2.39. The molecule has 0 spiro atoms. The summed E-state index contributed by atoms with van der Waals surface area (Å²) in [5.74, 6) is -0.0916. The van der Waals surface area contributed by atoms with E-state index in [2.05, 4.69) is 16.4 Å². The molecular weight excluding hydrogens is 240 g/mol. The minimum absolute atomic E-state index is 0.0916. The number of benzene rings is 1. The van der Waals surface area contributed by atoms with Crippen LogP contribution < -0.4 is 5.32 Å². The average Bonchev–Trinajstić information content (AvgIpc) is 2.81. The number of carbonyl (C=O) groups excluding carboxylic acids is 1. The van der Waals surface area contributed by atoms with E-state index < -0.39 is 0 Å². The van der Waals surface area contributed by atoms with Gasteiger partial charge in [0.25, 0.3) is 0 Å². The summed E-state index contributed by atoms with van der Waals surface area (Å²) in [6.45, 7) is 0.640. The second-order valence-electron chi connectivity index (χ2n) is 5.23. The number of carbonyl (C=O) groups is 1. The summed E-state index contributed by atoms with van der Waals surface area (Å²) in [6, 6.07) is 8.13. The van der Waals surface area contributed by atoms with Gasteiger partial charge in [-0.3, -0.25) is 4.79 Å². The highest BCUT2D eigenvalue weighted by molar-refractivity contribution is 5.92. The minimum Gasteiger partial charge on any atom is -0.469 e. The third-order valence-corrected chi connectivity index (χ3v) is 4.14. The van der Waals surface area contributed by atoms with E-state index in [1.807, 2.05) is 24.4 Å². The van der Waals surface area contributed by atoms with Crippen molar-refractivity contribution in [3.8, 4) is 0 Å². The number of aromatic amines is 1. The summed E-state index contributed by atoms with van der Waals surface area (Å²) in [5, 5.41) is 4.55. The Kier molecular flexibility index (Phi) is 2.93. The molecule has 4 nitrogen and oxygen atoms in total. The van der Waals surface area contributed by atoms with Crippen molar-refractivity contribution in [2.75, 3.05) is 19.0 Å². The van der Waals surface area contributed by atoms with Crippen LogP contribution in [-0.2, 0) is 9.53 Å². The fourth-order valence-corrected chi connectivity index (χ4v) is 2.76. The number of anilines is 1.